The summed E-state index contributed by atoms with van der Waals surface area (Å²) in [5, 5.41) is 11.3. The lowest BCUT2D eigenvalue weighted by molar-refractivity contribution is -0.384. The van der Waals surface area contributed by atoms with Crippen LogP contribution in [-0.2, 0) is 4.79 Å². The number of nitro groups is 1. The van der Waals surface area contributed by atoms with Gasteiger partial charge in [-0.05, 0) is 12.1 Å². The molecule has 0 fully saturated rings. The average molecular weight is 360 g/mol. The number of halogens is 3. The Morgan fingerprint density at radius 1 is 1.14 bits per heavy atom. The van der Waals surface area contributed by atoms with E-state index < -0.39 is 10.6 Å². The van der Waals surface area contributed by atoms with Crippen LogP contribution < -0.4 is 4.74 Å². The van der Waals surface area contributed by atoms with Crippen molar-refractivity contribution in [3.8, 4) is 11.5 Å². The maximum absolute atomic E-state index is 10.9. The zero-order valence-corrected chi connectivity index (χ0v) is 12.8. The Balaban J connectivity index is 2.52. The number of nitrogens with zero attached hydrogens (tertiary/aromatic N) is 2. The van der Waals surface area contributed by atoms with Crippen molar-refractivity contribution in [2.24, 2.45) is 4.99 Å². The Hall–Kier alpha value is -2.11. The van der Waals surface area contributed by atoms with Crippen LogP contribution in [-0.4, -0.2) is 11.0 Å². The van der Waals surface area contributed by atoms with E-state index in [-0.39, 0.29) is 32.3 Å². The molecule has 0 unspecified atom stereocenters. The summed E-state index contributed by atoms with van der Waals surface area (Å²) in [6.07, 6.45) is 1.24. The van der Waals surface area contributed by atoms with Crippen molar-refractivity contribution in [1.29, 1.82) is 0 Å². The van der Waals surface area contributed by atoms with Crippen LogP contribution in [0.2, 0.25) is 15.1 Å². The van der Waals surface area contributed by atoms with Crippen LogP contribution in [0, 0.1) is 10.1 Å². The highest BCUT2D eigenvalue weighted by atomic mass is 35.5. The van der Waals surface area contributed by atoms with E-state index in [0.29, 0.717) is 0 Å². The summed E-state index contributed by atoms with van der Waals surface area (Å²) in [6, 6.07) is 6.87. The third-order valence-electron chi connectivity index (χ3n) is 2.53. The van der Waals surface area contributed by atoms with Gasteiger partial charge in [0.05, 0.1) is 15.0 Å². The lowest BCUT2D eigenvalue weighted by Gasteiger charge is -2.10. The molecule has 0 aliphatic heterocycles. The first-order valence-corrected chi connectivity index (χ1v) is 6.75. The smallest absolute Gasteiger partial charge is 0.297 e. The predicted octanol–water partition coefficient (Wildman–Crippen LogP) is 5.31. The summed E-state index contributed by atoms with van der Waals surface area (Å²) in [4.78, 5) is 23.8. The average Bonchev–Trinajstić information content (AvgIpc) is 2.47. The van der Waals surface area contributed by atoms with Gasteiger partial charge in [-0.1, -0.05) is 40.9 Å². The molecule has 0 saturated carbocycles. The Kier molecular flexibility index (Phi) is 5.00. The summed E-state index contributed by atoms with van der Waals surface area (Å²) < 4.78 is 5.48. The third kappa shape index (κ3) is 3.37. The summed E-state index contributed by atoms with van der Waals surface area (Å²) in [5.41, 5.74) is -0.685. The van der Waals surface area contributed by atoms with Crippen molar-refractivity contribution in [1.82, 2.24) is 0 Å². The molecular formula is C13H5Cl3N2O4. The van der Waals surface area contributed by atoms with E-state index in [1.54, 1.807) is 12.1 Å². The van der Waals surface area contributed by atoms with Crippen molar-refractivity contribution in [3.63, 3.8) is 0 Å². The first-order chi connectivity index (χ1) is 10.4. The molecule has 2 aromatic carbocycles. The van der Waals surface area contributed by atoms with Crippen molar-refractivity contribution in [2.45, 2.75) is 0 Å². The molecule has 0 bridgehead atoms. The van der Waals surface area contributed by atoms with Crippen LogP contribution in [0.5, 0.6) is 11.5 Å². The van der Waals surface area contributed by atoms with Crippen molar-refractivity contribution in [2.75, 3.05) is 0 Å². The highest BCUT2D eigenvalue weighted by molar-refractivity contribution is 6.43. The second-order valence-corrected chi connectivity index (χ2v) is 5.08. The van der Waals surface area contributed by atoms with Crippen LogP contribution in [0.1, 0.15) is 0 Å². The van der Waals surface area contributed by atoms with Gasteiger partial charge in [-0.3, -0.25) is 10.1 Å². The van der Waals surface area contributed by atoms with Crippen molar-refractivity contribution < 1.29 is 14.5 Å². The van der Waals surface area contributed by atoms with Crippen LogP contribution in [0.25, 0.3) is 0 Å². The molecule has 6 nitrogen and oxygen atoms in total. The number of hydrogen-bond acceptors (Lipinski definition) is 5. The molecule has 0 heterocycles. The Labute approximate surface area is 139 Å². The topological polar surface area (TPSA) is 81.8 Å². The molecule has 9 heteroatoms. The Bertz CT molecular complexity index is 804. The summed E-state index contributed by atoms with van der Waals surface area (Å²) in [7, 11) is 0. The van der Waals surface area contributed by atoms with Gasteiger partial charge < -0.3 is 4.74 Å². The predicted molar refractivity (Wildman–Crippen MR) is 82.4 cm³/mol. The second-order valence-electron chi connectivity index (χ2n) is 3.89. The fraction of sp³-hybridized carbons (Fsp3) is 0. The Morgan fingerprint density at radius 3 is 2.50 bits per heavy atom. The first-order valence-electron chi connectivity index (χ1n) is 5.61. The molecule has 0 radical (unpaired) electrons. The highest BCUT2D eigenvalue weighted by Crippen LogP contribution is 2.41. The minimum Gasteiger partial charge on any atom is -0.454 e. The third-order valence-corrected chi connectivity index (χ3v) is 3.62. The molecular weight excluding hydrogens is 355 g/mol. The van der Waals surface area contributed by atoms with E-state index in [4.69, 9.17) is 39.5 Å². The van der Waals surface area contributed by atoms with E-state index in [9.17, 15) is 14.9 Å². The molecule has 2 aromatic rings. The number of benzene rings is 2. The molecule has 0 saturated heterocycles. The summed E-state index contributed by atoms with van der Waals surface area (Å²) >= 11 is 17.8. The van der Waals surface area contributed by atoms with Gasteiger partial charge in [0.2, 0.25) is 6.08 Å². The first kappa shape index (κ1) is 16.3. The number of isocyanates is 1. The number of carbonyl (C=O) groups excluding carboxylic acids is 1. The maximum atomic E-state index is 10.9. The van der Waals surface area contributed by atoms with Crippen molar-refractivity contribution >= 4 is 52.3 Å². The number of ether oxygens (including phenoxy) is 1. The van der Waals surface area contributed by atoms with Crippen molar-refractivity contribution in [3.05, 3.63) is 55.5 Å². The molecule has 0 N–H and O–H groups in total. The van der Waals surface area contributed by atoms with E-state index in [0.717, 1.165) is 12.1 Å². The lowest BCUT2D eigenvalue weighted by Crippen LogP contribution is -1.92. The minimum atomic E-state index is -0.724. The quantitative estimate of drug-likeness (QED) is 0.320. The SMILES string of the molecule is O=C=Nc1cc(Oc2cccc(Cl)c2Cl)c(Cl)cc1[N+](=O)[O-]. The molecule has 0 aliphatic rings. The second kappa shape index (κ2) is 6.77. The molecule has 22 heavy (non-hydrogen) atoms. The van der Waals surface area contributed by atoms with Gasteiger partial charge in [-0.15, -0.1) is 0 Å². The highest BCUT2D eigenvalue weighted by Gasteiger charge is 2.19. The van der Waals surface area contributed by atoms with E-state index in [2.05, 4.69) is 4.99 Å². The molecule has 112 valence electrons. The van der Waals surface area contributed by atoms with Gasteiger partial charge in [0.15, 0.2) is 5.69 Å². The number of aliphatic imine (C=N–C) groups is 1. The molecule has 0 aliphatic carbocycles. The normalized spacial score (nSPS) is 9.95. The zero-order chi connectivity index (χ0) is 16.3. The van der Waals surface area contributed by atoms with Gasteiger partial charge in [0.25, 0.3) is 5.69 Å². The number of hydrogen-bond donors (Lipinski definition) is 0. The summed E-state index contributed by atoms with van der Waals surface area (Å²) in [5.74, 6) is 0.233. The zero-order valence-electron chi connectivity index (χ0n) is 10.5. The van der Waals surface area contributed by atoms with Gasteiger partial charge in [0.1, 0.15) is 16.5 Å². The fourth-order valence-electron chi connectivity index (χ4n) is 1.58. The maximum Gasteiger partial charge on any atom is 0.297 e. The monoisotopic (exact) mass is 358 g/mol. The molecule has 2 rings (SSSR count). The minimum absolute atomic E-state index is 0.0328. The number of rotatable bonds is 4. The fourth-order valence-corrected chi connectivity index (χ4v) is 2.10. The number of nitro benzene ring substituents is 1. The lowest BCUT2D eigenvalue weighted by atomic mass is 10.2. The van der Waals surface area contributed by atoms with E-state index >= 15 is 0 Å². The van der Waals surface area contributed by atoms with Crippen LogP contribution in [0.3, 0.4) is 0 Å². The van der Waals surface area contributed by atoms with Gasteiger partial charge in [-0.25, -0.2) is 4.79 Å². The van der Waals surface area contributed by atoms with Gasteiger partial charge in [-0.2, -0.15) is 4.99 Å². The van der Waals surface area contributed by atoms with Crippen LogP contribution in [0.4, 0.5) is 11.4 Å². The molecule has 0 amide bonds. The van der Waals surface area contributed by atoms with Crippen LogP contribution in [0.15, 0.2) is 35.3 Å². The molecule has 0 spiro atoms. The van der Waals surface area contributed by atoms with Gasteiger partial charge in [0, 0.05) is 12.1 Å². The largest absolute Gasteiger partial charge is 0.454 e. The van der Waals surface area contributed by atoms with E-state index in [1.165, 1.54) is 12.1 Å². The Morgan fingerprint density at radius 2 is 1.86 bits per heavy atom. The molecule has 0 aromatic heterocycles. The van der Waals surface area contributed by atoms with Gasteiger partial charge >= 0.3 is 0 Å². The van der Waals surface area contributed by atoms with E-state index in [1.807, 2.05) is 0 Å². The standard InChI is InChI=1S/C13H5Cl3N2O4/c14-7-2-1-3-11(13(7)16)22-12-5-9(17-6-19)10(18(20)21)4-8(12)15/h1-5H. The summed E-state index contributed by atoms with van der Waals surface area (Å²) in [6.45, 7) is 0. The van der Waals surface area contributed by atoms with Crippen LogP contribution >= 0.6 is 34.8 Å². The molecule has 0 atom stereocenters.